The fourth-order valence-electron chi connectivity index (χ4n) is 2.11. The summed E-state index contributed by atoms with van der Waals surface area (Å²) in [4.78, 5) is 4.49. The highest BCUT2D eigenvalue weighted by atomic mass is 16.5. The third-order valence-electron chi connectivity index (χ3n) is 2.82. The van der Waals surface area contributed by atoms with Crippen molar-refractivity contribution in [2.24, 2.45) is 0 Å². The molecule has 3 heteroatoms. The van der Waals surface area contributed by atoms with Crippen molar-refractivity contribution < 1.29 is 4.74 Å². The summed E-state index contributed by atoms with van der Waals surface area (Å²) >= 11 is 0. The zero-order valence-corrected chi connectivity index (χ0v) is 11.0. The van der Waals surface area contributed by atoms with Crippen molar-refractivity contribution in [2.45, 2.75) is 58.1 Å². The van der Waals surface area contributed by atoms with Crippen molar-refractivity contribution in [2.75, 3.05) is 5.32 Å². The van der Waals surface area contributed by atoms with Crippen LogP contribution in [0.5, 0.6) is 5.88 Å². The summed E-state index contributed by atoms with van der Waals surface area (Å²) in [6, 6.07) is 5.91. The van der Waals surface area contributed by atoms with Crippen LogP contribution in [0.3, 0.4) is 0 Å². The molecule has 1 aromatic heterocycles. The maximum absolute atomic E-state index is 5.88. The standard InChI is InChI=1S/C14H22N2O/c1-14(2,3)16-12-9-6-10-13(15-12)17-11-7-4-5-8-11/h6,9-11H,4-5,7-8H2,1-3H3,(H,15,16). The fraction of sp³-hybridized carbons (Fsp3) is 0.643. The van der Waals surface area contributed by atoms with Gasteiger partial charge in [-0.3, -0.25) is 0 Å². The predicted octanol–water partition coefficient (Wildman–Crippen LogP) is 3.61. The van der Waals surface area contributed by atoms with Crippen LogP contribution in [-0.2, 0) is 0 Å². The van der Waals surface area contributed by atoms with Gasteiger partial charge in [0.25, 0.3) is 0 Å². The summed E-state index contributed by atoms with van der Waals surface area (Å²) in [6.07, 6.45) is 5.26. The van der Waals surface area contributed by atoms with Crippen molar-refractivity contribution in [1.82, 2.24) is 4.98 Å². The molecule has 1 aliphatic rings. The lowest BCUT2D eigenvalue weighted by Gasteiger charge is -2.21. The van der Waals surface area contributed by atoms with E-state index in [0.29, 0.717) is 6.10 Å². The van der Waals surface area contributed by atoms with Gasteiger partial charge >= 0.3 is 0 Å². The number of anilines is 1. The Morgan fingerprint density at radius 2 is 1.94 bits per heavy atom. The van der Waals surface area contributed by atoms with Crippen LogP contribution in [0.4, 0.5) is 5.82 Å². The van der Waals surface area contributed by atoms with E-state index in [1.807, 2.05) is 18.2 Å². The summed E-state index contributed by atoms with van der Waals surface area (Å²) in [7, 11) is 0. The first-order valence-electron chi connectivity index (χ1n) is 6.45. The van der Waals surface area contributed by atoms with Crippen molar-refractivity contribution in [3.8, 4) is 5.88 Å². The number of nitrogens with one attached hydrogen (secondary N) is 1. The zero-order valence-electron chi connectivity index (χ0n) is 11.0. The van der Waals surface area contributed by atoms with Gasteiger partial charge in [-0.25, -0.2) is 0 Å². The molecule has 0 radical (unpaired) electrons. The van der Waals surface area contributed by atoms with Crippen LogP contribution in [0, 0.1) is 0 Å². The molecular formula is C14H22N2O. The van der Waals surface area contributed by atoms with Gasteiger partial charge in [0, 0.05) is 11.6 Å². The lowest BCUT2D eigenvalue weighted by molar-refractivity contribution is 0.201. The van der Waals surface area contributed by atoms with E-state index >= 15 is 0 Å². The van der Waals surface area contributed by atoms with Gasteiger partial charge in [-0.15, -0.1) is 0 Å². The summed E-state index contributed by atoms with van der Waals surface area (Å²) in [5.41, 5.74) is 0.0268. The highest BCUT2D eigenvalue weighted by Gasteiger charge is 2.17. The molecule has 0 saturated heterocycles. The molecule has 0 atom stereocenters. The Bertz CT molecular complexity index is 365. The molecular weight excluding hydrogens is 212 g/mol. The first-order chi connectivity index (χ1) is 8.03. The molecule has 1 aromatic rings. The Morgan fingerprint density at radius 3 is 2.59 bits per heavy atom. The first-order valence-corrected chi connectivity index (χ1v) is 6.45. The van der Waals surface area contributed by atoms with Crippen molar-refractivity contribution in [3.05, 3.63) is 18.2 Å². The maximum atomic E-state index is 5.88. The molecule has 1 saturated carbocycles. The molecule has 0 aromatic carbocycles. The van der Waals surface area contributed by atoms with E-state index in [0.717, 1.165) is 11.7 Å². The number of hydrogen-bond acceptors (Lipinski definition) is 3. The SMILES string of the molecule is CC(C)(C)Nc1cccc(OC2CCCC2)n1. The van der Waals surface area contributed by atoms with Gasteiger partial charge in [0.2, 0.25) is 5.88 Å². The number of ether oxygens (including phenoxy) is 1. The average molecular weight is 234 g/mol. The van der Waals surface area contributed by atoms with Gasteiger partial charge in [-0.05, 0) is 52.5 Å². The molecule has 3 nitrogen and oxygen atoms in total. The molecule has 0 aliphatic heterocycles. The predicted molar refractivity (Wildman–Crippen MR) is 70.5 cm³/mol. The van der Waals surface area contributed by atoms with Crippen molar-refractivity contribution >= 4 is 5.82 Å². The zero-order chi connectivity index (χ0) is 12.3. The largest absolute Gasteiger partial charge is 0.474 e. The molecule has 1 N–H and O–H groups in total. The van der Waals surface area contributed by atoms with Gasteiger partial charge in [-0.1, -0.05) is 6.07 Å². The molecule has 2 rings (SSSR count). The average Bonchev–Trinajstić information content (AvgIpc) is 2.68. The highest BCUT2D eigenvalue weighted by molar-refractivity contribution is 5.39. The molecule has 17 heavy (non-hydrogen) atoms. The summed E-state index contributed by atoms with van der Waals surface area (Å²) in [5.74, 6) is 1.62. The van der Waals surface area contributed by atoms with Gasteiger partial charge in [-0.2, -0.15) is 4.98 Å². The van der Waals surface area contributed by atoms with Gasteiger partial charge in [0.05, 0.1) is 0 Å². The number of aromatic nitrogens is 1. The van der Waals surface area contributed by atoms with Gasteiger partial charge < -0.3 is 10.1 Å². The van der Waals surface area contributed by atoms with Crippen LogP contribution in [0.2, 0.25) is 0 Å². The second-order valence-electron chi connectivity index (χ2n) is 5.76. The van der Waals surface area contributed by atoms with E-state index < -0.39 is 0 Å². The third-order valence-corrected chi connectivity index (χ3v) is 2.82. The minimum Gasteiger partial charge on any atom is -0.474 e. The van der Waals surface area contributed by atoms with Crippen LogP contribution in [0.15, 0.2) is 18.2 Å². The Balaban J connectivity index is 2.00. The molecule has 94 valence electrons. The Morgan fingerprint density at radius 1 is 1.24 bits per heavy atom. The molecule has 1 fully saturated rings. The minimum absolute atomic E-state index is 0.0268. The van der Waals surface area contributed by atoms with Crippen LogP contribution in [0.1, 0.15) is 46.5 Å². The lowest BCUT2D eigenvalue weighted by atomic mass is 10.1. The van der Waals surface area contributed by atoms with Crippen molar-refractivity contribution in [3.63, 3.8) is 0 Å². The number of hydrogen-bond donors (Lipinski definition) is 1. The normalized spacial score (nSPS) is 17.1. The molecule has 1 heterocycles. The van der Waals surface area contributed by atoms with Gasteiger partial charge in [0.1, 0.15) is 11.9 Å². The van der Waals surface area contributed by atoms with E-state index in [1.165, 1.54) is 25.7 Å². The van der Waals surface area contributed by atoms with Gasteiger partial charge in [0.15, 0.2) is 0 Å². The fourth-order valence-corrected chi connectivity index (χ4v) is 2.11. The summed E-state index contributed by atoms with van der Waals surface area (Å²) < 4.78 is 5.88. The maximum Gasteiger partial charge on any atom is 0.215 e. The van der Waals surface area contributed by atoms with E-state index in [1.54, 1.807) is 0 Å². The monoisotopic (exact) mass is 234 g/mol. The second kappa shape index (κ2) is 4.94. The molecule has 0 spiro atoms. The van der Waals surface area contributed by atoms with E-state index in [9.17, 15) is 0 Å². The smallest absolute Gasteiger partial charge is 0.215 e. The van der Waals surface area contributed by atoms with E-state index in [4.69, 9.17) is 4.74 Å². The van der Waals surface area contributed by atoms with Crippen LogP contribution in [0.25, 0.3) is 0 Å². The van der Waals surface area contributed by atoms with Crippen LogP contribution in [-0.4, -0.2) is 16.6 Å². The molecule has 0 amide bonds. The quantitative estimate of drug-likeness (QED) is 0.867. The van der Waals surface area contributed by atoms with E-state index in [-0.39, 0.29) is 5.54 Å². The second-order valence-corrected chi connectivity index (χ2v) is 5.76. The Labute approximate surface area is 104 Å². The van der Waals surface area contributed by atoms with E-state index in [2.05, 4.69) is 31.1 Å². The van der Waals surface area contributed by atoms with Crippen LogP contribution >= 0.6 is 0 Å². The minimum atomic E-state index is 0.0268. The third kappa shape index (κ3) is 3.91. The molecule has 1 aliphatic carbocycles. The summed E-state index contributed by atoms with van der Waals surface area (Å²) in [6.45, 7) is 6.37. The first kappa shape index (κ1) is 12.2. The lowest BCUT2D eigenvalue weighted by Crippen LogP contribution is -2.26. The number of nitrogens with zero attached hydrogens (tertiary/aromatic N) is 1. The molecule has 0 bridgehead atoms. The van der Waals surface area contributed by atoms with Crippen molar-refractivity contribution in [1.29, 1.82) is 0 Å². The highest BCUT2D eigenvalue weighted by Crippen LogP contribution is 2.24. The topological polar surface area (TPSA) is 34.1 Å². The molecule has 0 unspecified atom stereocenters. The number of pyridine rings is 1. The Hall–Kier alpha value is -1.25. The Kier molecular flexibility index (Phi) is 3.55. The number of rotatable bonds is 3. The summed E-state index contributed by atoms with van der Waals surface area (Å²) in [5, 5.41) is 3.36. The van der Waals surface area contributed by atoms with Crippen LogP contribution < -0.4 is 10.1 Å².